The van der Waals surface area contributed by atoms with Gasteiger partial charge in [-0.05, 0) is 190 Å². The smallest absolute Gasteiger partial charge is 0.488 e. The van der Waals surface area contributed by atoms with Gasteiger partial charge in [-0.2, -0.15) is 0 Å². The molecule has 8 rings (SSSR count). The lowest BCUT2D eigenvalue weighted by Crippen LogP contribution is -2.30. The van der Waals surface area contributed by atoms with E-state index < -0.39 is 42.0 Å². The van der Waals surface area contributed by atoms with Gasteiger partial charge in [-0.1, -0.05) is 167 Å². The normalized spacial score (nSPS) is 11.7. The van der Waals surface area contributed by atoms with E-state index in [-0.39, 0.29) is 43.6 Å². The zero-order valence-electron chi connectivity index (χ0n) is 48.9. The Morgan fingerprint density at radius 1 is 0.402 bits per heavy atom. The van der Waals surface area contributed by atoms with Crippen LogP contribution in [0.15, 0.2) is 133 Å². The average Bonchev–Trinajstić information content (AvgIpc) is 3.22. The third-order valence-corrected chi connectivity index (χ3v) is 15.4. The highest BCUT2D eigenvalue weighted by Crippen LogP contribution is 2.38. The predicted octanol–water partition coefficient (Wildman–Crippen LogP) is 19.8. The van der Waals surface area contributed by atoms with Crippen molar-refractivity contribution in [1.29, 1.82) is 0 Å². The molecule has 0 aliphatic heterocycles. The first-order chi connectivity index (χ1) is 39.1. The van der Waals surface area contributed by atoms with Crippen LogP contribution < -0.4 is 14.9 Å². The Kier molecular flexibility index (Phi) is 24.4. The zero-order valence-corrected chi connectivity index (χ0v) is 51.0. The van der Waals surface area contributed by atoms with E-state index in [0.29, 0.717) is 22.2 Å². The van der Waals surface area contributed by atoms with E-state index in [2.05, 4.69) is 27.7 Å². The number of hydrogen-bond donors (Lipinski definition) is 2. The van der Waals surface area contributed by atoms with Gasteiger partial charge in [0.05, 0.1) is 15.8 Å². The summed E-state index contributed by atoms with van der Waals surface area (Å²) in [6, 6.07) is 37.5. The van der Waals surface area contributed by atoms with Crippen molar-refractivity contribution >= 4 is 35.2 Å². The molecule has 2 atom stereocenters. The maximum atomic E-state index is 15.4. The molecule has 432 valence electrons. The molecular weight excluding hydrogens is 1160 g/mol. The van der Waals surface area contributed by atoms with E-state index in [9.17, 15) is 23.2 Å². The van der Waals surface area contributed by atoms with Crippen molar-refractivity contribution in [2.24, 2.45) is 0 Å². The van der Waals surface area contributed by atoms with E-state index >= 15 is 13.2 Å². The minimum atomic E-state index is -1.42. The monoisotopic (exact) mass is 1230 g/mol. The molecule has 12 heteroatoms. The second-order valence-corrected chi connectivity index (χ2v) is 22.6. The summed E-state index contributed by atoms with van der Waals surface area (Å²) in [5.41, 5.74) is 10.1. The van der Waals surface area contributed by atoms with Crippen LogP contribution in [0.3, 0.4) is 0 Å². The molecule has 0 amide bonds. The van der Waals surface area contributed by atoms with E-state index in [1.165, 1.54) is 93.5 Å². The van der Waals surface area contributed by atoms with E-state index in [1.807, 2.05) is 102 Å². The topological polar surface area (TPSA) is 58.9 Å². The third-order valence-electron chi connectivity index (χ3n) is 14.5. The summed E-state index contributed by atoms with van der Waals surface area (Å²) in [5.74, 6) is -3.56. The Hall–Kier alpha value is -6.35. The minimum Gasteiger partial charge on any atom is -0.490 e. The van der Waals surface area contributed by atoms with E-state index in [4.69, 9.17) is 9.47 Å². The largest absolute Gasteiger partial charge is 0.490 e. The molecule has 0 radical (unpaired) electrons. The van der Waals surface area contributed by atoms with Crippen molar-refractivity contribution in [3.63, 3.8) is 0 Å². The van der Waals surface area contributed by atoms with Crippen LogP contribution in [0, 0.1) is 80.0 Å². The molecule has 0 bridgehead atoms. The van der Waals surface area contributed by atoms with E-state index in [1.54, 1.807) is 46.9 Å². The first-order valence-electron chi connectivity index (χ1n) is 28.4. The van der Waals surface area contributed by atoms with Crippen LogP contribution in [0.25, 0.3) is 55.6 Å². The summed E-state index contributed by atoms with van der Waals surface area (Å²) in [4.78, 5) is 0. The lowest BCUT2D eigenvalue weighted by Gasteiger charge is -2.20. The number of ether oxygens (including phenoxy) is 2. The molecule has 0 saturated heterocycles. The Morgan fingerprint density at radius 2 is 0.756 bits per heavy atom. The number of halogens is 7. The standard InChI is InChI=1S/C35H37F3O.C19H12F3I.C16H27BO3/c1-6-7-8-9-10-25(5)39-35-23(3)19-28(20-24(35)4)29-17-18-31(34(38)33(29)37)30-16-15-27(21-32(30)36)26-13-11-22(2)12-14-26;1-11-2-4-12(5-3-11)13-6-7-14(16(20)10-13)15-8-9-17(23)19(22)18(15)21;1-5-6-7-8-9-14(4)20-16-12(2)10-15(17(18)19)11-13(16)3/h11-21,25H,6-10H2,1-5H3;2-10H,1H3;10-11,14,18-19H,5-9H2,1-4H3/t25-;;14-/m0.1/s1. The van der Waals surface area contributed by atoms with Crippen molar-refractivity contribution in [1.82, 2.24) is 0 Å². The predicted molar refractivity (Wildman–Crippen MR) is 335 cm³/mol. The highest BCUT2D eigenvalue weighted by atomic mass is 127. The van der Waals surface area contributed by atoms with Crippen LogP contribution in [0.2, 0.25) is 0 Å². The maximum Gasteiger partial charge on any atom is 0.488 e. The molecule has 0 aliphatic carbocycles. The van der Waals surface area contributed by atoms with Crippen LogP contribution in [0.5, 0.6) is 11.5 Å². The van der Waals surface area contributed by atoms with Crippen molar-refractivity contribution < 1.29 is 45.9 Å². The van der Waals surface area contributed by atoms with Crippen LogP contribution >= 0.6 is 22.6 Å². The van der Waals surface area contributed by atoms with Gasteiger partial charge in [0.15, 0.2) is 23.3 Å². The summed E-state index contributed by atoms with van der Waals surface area (Å²) in [6.45, 7) is 20.3. The molecule has 0 spiro atoms. The molecule has 0 heterocycles. The van der Waals surface area contributed by atoms with Crippen molar-refractivity contribution in [3.8, 4) is 67.1 Å². The van der Waals surface area contributed by atoms with Crippen molar-refractivity contribution in [2.45, 2.75) is 146 Å². The molecule has 8 aromatic rings. The van der Waals surface area contributed by atoms with Crippen LogP contribution in [0.4, 0.5) is 26.3 Å². The minimum absolute atomic E-state index is 0.0258. The van der Waals surface area contributed by atoms with Crippen molar-refractivity contribution in [2.75, 3.05) is 0 Å². The Balaban J connectivity index is 0.000000214. The molecule has 0 aromatic heterocycles. The van der Waals surface area contributed by atoms with E-state index in [0.717, 1.165) is 75.3 Å². The Labute approximate surface area is 496 Å². The molecule has 8 aromatic carbocycles. The lowest BCUT2D eigenvalue weighted by molar-refractivity contribution is 0.203. The van der Waals surface area contributed by atoms with Crippen LogP contribution in [-0.2, 0) is 0 Å². The maximum absolute atomic E-state index is 15.4. The van der Waals surface area contributed by atoms with Gasteiger partial charge in [0.1, 0.15) is 23.1 Å². The molecule has 0 aliphatic rings. The molecular formula is C70H76BF6IO4. The summed E-state index contributed by atoms with van der Waals surface area (Å²) in [5, 5.41) is 18.5. The molecule has 0 unspecified atom stereocenters. The molecule has 0 fully saturated rings. The summed E-state index contributed by atoms with van der Waals surface area (Å²) in [7, 11) is -1.42. The first-order valence-corrected chi connectivity index (χ1v) is 29.5. The molecule has 4 nitrogen and oxygen atoms in total. The SMILES string of the molecule is CCCCCC[C@@H](C)Oc1c(C)cc(B(O)O)cc1C.CCCCCC[C@H](C)Oc1c(C)cc(-c2ccc(-c3ccc(-c4ccc(C)cc4)cc3F)c(F)c2F)cc1C.Cc1ccc(-c2ccc(-c3ccc(I)c(F)c3F)c(F)c2)cc1. The highest BCUT2D eigenvalue weighted by molar-refractivity contribution is 14.1. The highest BCUT2D eigenvalue weighted by Gasteiger charge is 2.22. The second kappa shape index (κ2) is 30.8. The van der Waals surface area contributed by atoms with Crippen molar-refractivity contribution in [3.05, 3.63) is 205 Å². The first kappa shape index (κ1) is 64.8. The number of benzene rings is 8. The fourth-order valence-corrected chi connectivity index (χ4v) is 10.3. The summed E-state index contributed by atoms with van der Waals surface area (Å²) >= 11 is 1.70. The van der Waals surface area contributed by atoms with Gasteiger partial charge in [0.25, 0.3) is 0 Å². The average molecular weight is 1230 g/mol. The number of aryl methyl sites for hydroxylation is 6. The van der Waals surface area contributed by atoms with Gasteiger partial charge in [-0.3, -0.25) is 0 Å². The third kappa shape index (κ3) is 17.4. The molecule has 82 heavy (non-hydrogen) atoms. The Bertz CT molecular complexity index is 3360. The fourth-order valence-electron chi connectivity index (χ4n) is 9.88. The van der Waals surface area contributed by atoms with Gasteiger partial charge in [0, 0.05) is 27.8 Å². The Morgan fingerprint density at radius 3 is 1.16 bits per heavy atom. The quantitative estimate of drug-likeness (QED) is 0.0262. The number of rotatable bonds is 20. The molecule has 2 N–H and O–H groups in total. The summed E-state index contributed by atoms with van der Waals surface area (Å²) < 4.78 is 100. The van der Waals surface area contributed by atoms with Gasteiger partial charge < -0.3 is 19.5 Å². The zero-order chi connectivity index (χ0) is 59.8. The van der Waals surface area contributed by atoms with Gasteiger partial charge in [-0.25, -0.2) is 26.3 Å². The second-order valence-electron chi connectivity index (χ2n) is 21.5. The summed E-state index contributed by atoms with van der Waals surface area (Å²) in [6.07, 6.45) is 12.0. The van der Waals surface area contributed by atoms with Gasteiger partial charge in [-0.15, -0.1) is 0 Å². The van der Waals surface area contributed by atoms with Gasteiger partial charge in [0.2, 0.25) is 0 Å². The molecule has 0 saturated carbocycles. The van der Waals surface area contributed by atoms with Crippen LogP contribution in [0.1, 0.15) is 125 Å². The fraction of sp³-hybridized carbons (Fsp3) is 0.314. The van der Waals surface area contributed by atoms with Crippen LogP contribution in [-0.4, -0.2) is 29.4 Å². The number of unbranched alkanes of at least 4 members (excludes halogenated alkanes) is 6. The van der Waals surface area contributed by atoms with Gasteiger partial charge >= 0.3 is 7.12 Å². The lowest BCUT2D eigenvalue weighted by atomic mass is 9.78. The number of hydrogen-bond acceptors (Lipinski definition) is 4.